The zero-order chi connectivity index (χ0) is 15.1. The number of aliphatic hydroxyl groups excluding tert-OH is 1. The zero-order valence-electron chi connectivity index (χ0n) is 13.1. The van der Waals surface area contributed by atoms with Crippen LogP contribution in [0.2, 0.25) is 0 Å². The van der Waals surface area contributed by atoms with Crippen molar-refractivity contribution in [2.24, 2.45) is 5.92 Å². The average Bonchev–Trinajstić information content (AvgIpc) is 2.20. The lowest BCUT2D eigenvalue weighted by molar-refractivity contribution is 0.0522. The van der Waals surface area contributed by atoms with Gasteiger partial charge in [-0.3, -0.25) is 0 Å². The molecule has 1 amide bonds. The molecule has 5 heteroatoms. The van der Waals surface area contributed by atoms with Crippen molar-refractivity contribution in [2.75, 3.05) is 13.1 Å². The number of rotatable bonds is 7. The van der Waals surface area contributed by atoms with Crippen molar-refractivity contribution >= 4 is 6.09 Å². The van der Waals surface area contributed by atoms with Gasteiger partial charge in [0.2, 0.25) is 0 Å². The normalized spacial score (nSPS) is 15.2. The van der Waals surface area contributed by atoms with Gasteiger partial charge < -0.3 is 20.5 Å². The quantitative estimate of drug-likeness (QED) is 0.663. The molecule has 0 aromatic rings. The summed E-state index contributed by atoms with van der Waals surface area (Å²) in [6, 6.07) is 0.0920. The molecule has 0 bridgehead atoms. The molecule has 0 fully saturated rings. The van der Waals surface area contributed by atoms with Crippen LogP contribution in [0.5, 0.6) is 0 Å². The maximum absolute atomic E-state index is 11.4. The minimum Gasteiger partial charge on any atom is -0.444 e. The number of carbonyl (C=O) groups excluding carboxylic acids is 1. The summed E-state index contributed by atoms with van der Waals surface area (Å²) in [5, 5.41) is 15.6. The monoisotopic (exact) mass is 274 g/mol. The van der Waals surface area contributed by atoms with E-state index in [9.17, 15) is 9.90 Å². The van der Waals surface area contributed by atoms with Gasteiger partial charge in [-0.25, -0.2) is 4.79 Å². The Bertz CT molecular complexity index is 262. The summed E-state index contributed by atoms with van der Waals surface area (Å²) in [7, 11) is 0. The van der Waals surface area contributed by atoms with E-state index in [1.165, 1.54) is 0 Å². The topological polar surface area (TPSA) is 70.6 Å². The van der Waals surface area contributed by atoms with Gasteiger partial charge in [0.15, 0.2) is 0 Å². The van der Waals surface area contributed by atoms with Gasteiger partial charge >= 0.3 is 6.09 Å². The van der Waals surface area contributed by atoms with Crippen molar-refractivity contribution in [3.05, 3.63) is 0 Å². The smallest absolute Gasteiger partial charge is 0.407 e. The molecule has 0 aliphatic heterocycles. The molecule has 2 unspecified atom stereocenters. The maximum atomic E-state index is 11.4. The Labute approximate surface area is 117 Å². The summed E-state index contributed by atoms with van der Waals surface area (Å²) < 4.78 is 5.14. The summed E-state index contributed by atoms with van der Waals surface area (Å²) in [6.07, 6.45) is 0.0204. The largest absolute Gasteiger partial charge is 0.444 e. The third kappa shape index (κ3) is 12.0. The Hall–Kier alpha value is -0.810. The molecule has 0 aromatic heterocycles. The van der Waals surface area contributed by atoms with Gasteiger partial charge in [-0.05, 0) is 40.0 Å². The highest BCUT2D eigenvalue weighted by Gasteiger charge is 2.16. The number of nitrogens with one attached hydrogen (secondary N) is 2. The molecule has 3 N–H and O–H groups in total. The average molecular weight is 274 g/mol. The Morgan fingerprint density at radius 1 is 1.21 bits per heavy atom. The molecule has 5 nitrogen and oxygen atoms in total. The molecule has 0 aromatic carbocycles. The van der Waals surface area contributed by atoms with E-state index in [4.69, 9.17) is 4.74 Å². The molecule has 0 saturated heterocycles. The number of amides is 1. The van der Waals surface area contributed by atoms with Crippen molar-refractivity contribution in [2.45, 2.75) is 65.7 Å². The summed E-state index contributed by atoms with van der Waals surface area (Å²) in [5.41, 5.74) is -0.478. The van der Waals surface area contributed by atoms with E-state index in [-0.39, 0.29) is 12.1 Å². The van der Waals surface area contributed by atoms with Crippen molar-refractivity contribution in [1.82, 2.24) is 10.6 Å². The number of ether oxygens (including phenoxy) is 1. The van der Waals surface area contributed by atoms with E-state index in [0.29, 0.717) is 19.0 Å². The Morgan fingerprint density at radius 3 is 2.26 bits per heavy atom. The van der Waals surface area contributed by atoms with Gasteiger partial charge in [0.1, 0.15) is 5.60 Å². The second kappa shape index (κ2) is 8.38. The Balaban J connectivity index is 3.75. The molecule has 0 aliphatic rings. The first-order valence-corrected chi connectivity index (χ1v) is 6.98. The van der Waals surface area contributed by atoms with E-state index >= 15 is 0 Å². The van der Waals surface area contributed by atoms with Gasteiger partial charge in [0.25, 0.3) is 0 Å². The van der Waals surface area contributed by atoms with Gasteiger partial charge in [-0.1, -0.05) is 13.8 Å². The molecule has 0 heterocycles. The van der Waals surface area contributed by atoms with Crippen molar-refractivity contribution < 1.29 is 14.6 Å². The molecule has 2 atom stereocenters. The van der Waals surface area contributed by atoms with Crippen LogP contribution in [0.15, 0.2) is 0 Å². The lowest BCUT2D eigenvalue weighted by Crippen LogP contribution is -2.43. The van der Waals surface area contributed by atoms with E-state index in [1.807, 2.05) is 27.7 Å². The number of carbonyl (C=O) groups is 1. The highest BCUT2D eigenvalue weighted by Crippen LogP contribution is 2.06. The first kappa shape index (κ1) is 18.2. The molecule has 19 heavy (non-hydrogen) atoms. The molecular weight excluding hydrogens is 244 g/mol. The minimum atomic E-state index is -0.478. The first-order chi connectivity index (χ1) is 8.60. The van der Waals surface area contributed by atoms with Crippen LogP contribution in [0.25, 0.3) is 0 Å². The van der Waals surface area contributed by atoms with E-state index in [2.05, 4.69) is 24.5 Å². The predicted molar refractivity (Wildman–Crippen MR) is 77.2 cm³/mol. The maximum Gasteiger partial charge on any atom is 0.407 e. The summed E-state index contributed by atoms with van der Waals surface area (Å²) in [4.78, 5) is 11.4. The van der Waals surface area contributed by atoms with Gasteiger partial charge in [-0.2, -0.15) is 0 Å². The van der Waals surface area contributed by atoms with Crippen LogP contribution in [0.4, 0.5) is 4.79 Å². The minimum absolute atomic E-state index is 0.0920. The molecule has 0 saturated carbocycles. The number of alkyl carbamates (subject to hydrolysis) is 1. The van der Waals surface area contributed by atoms with Crippen LogP contribution in [0, 0.1) is 5.92 Å². The van der Waals surface area contributed by atoms with Crippen LogP contribution in [-0.2, 0) is 4.74 Å². The number of hydrogen-bond donors (Lipinski definition) is 3. The van der Waals surface area contributed by atoms with Crippen LogP contribution in [0.1, 0.15) is 48.0 Å². The van der Waals surface area contributed by atoms with Gasteiger partial charge in [0.05, 0.1) is 6.10 Å². The lowest BCUT2D eigenvalue weighted by Gasteiger charge is -2.22. The van der Waals surface area contributed by atoms with Gasteiger partial charge in [0, 0.05) is 19.1 Å². The summed E-state index contributed by atoms with van der Waals surface area (Å²) in [5.74, 6) is 0.479. The second-order valence-electron chi connectivity index (χ2n) is 6.48. The molecule has 0 spiro atoms. The lowest BCUT2D eigenvalue weighted by atomic mass is 10.1. The van der Waals surface area contributed by atoms with Crippen molar-refractivity contribution in [3.63, 3.8) is 0 Å². The van der Waals surface area contributed by atoms with Crippen LogP contribution >= 0.6 is 0 Å². The number of aliphatic hydroxyl groups is 1. The first-order valence-electron chi connectivity index (χ1n) is 6.98. The highest BCUT2D eigenvalue weighted by atomic mass is 16.6. The standard InChI is InChI=1S/C14H30N2O3/c1-10(2)7-12(17)9-15-11(3)8-16-13(18)19-14(4,5)6/h10-12,15,17H,7-9H2,1-6H3,(H,16,18). The van der Waals surface area contributed by atoms with Crippen LogP contribution in [0.3, 0.4) is 0 Å². The summed E-state index contributed by atoms with van der Waals surface area (Å²) >= 11 is 0. The van der Waals surface area contributed by atoms with E-state index < -0.39 is 11.7 Å². The van der Waals surface area contributed by atoms with E-state index in [0.717, 1.165) is 6.42 Å². The number of hydrogen-bond acceptors (Lipinski definition) is 4. The van der Waals surface area contributed by atoms with Crippen molar-refractivity contribution in [3.8, 4) is 0 Å². The van der Waals surface area contributed by atoms with Crippen LogP contribution < -0.4 is 10.6 Å². The summed E-state index contributed by atoms with van der Waals surface area (Å²) in [6.45, 7) is 12.6. The second-order valence-corrected chi connectivity index (χ2v) is 6.48. The molecule has 0 rings (SSSR count). The molecular formula is C14H30N2O3. The molecule has 114 valence electrons. The zero-order valence-corrected chi connectivity index (χ0v) is 13.1. The van der Waals surface area contributed by atoms with E-state index in [1.54, 1.807) is 0 Å². The fourth-order valence-corrected chi connectivity index (χ4v) is 1.59. The third-order valence-electron chi connectivity index (χ3n) is 2.40. The SMILES string of the molecule is CC(C)CC(O)CNC(C)CNC(=O)OC(C)(C)C. The molecule has 0 aliphatic carbocycles. The fourth-order valence-electron chi connectivity index (χ4n) is 1.59. The fraction of sp³-hybridized carbons (Fsp3) is 0.929. The predicted octanol–water partition coefficient (Wildman–Crippen LogP) is 1.90. The molecule has 0 radical (unpaired) electrons. The van der Waals surface area contributed by atoms with Crippen molar-refractivity contribution in [1.29, 1.82) is 0 Å². The Morgan fingerprint density at radius 2 is 1.79 bits per heavy atom. The van der Waals surface area contributed by atoms with Gasteiger partial charge in [-0.15, -0.1) is 0 Å². The third-order valence-corrected chi connectivity index (χ3v) is 2.40. The Kier molecular flexibility index (Phi) is 8.02. The van der Waals surface area contributed by atoms with Crippen LogP contribution in [-0.4, -0.2) is 42.0 Å². The highest BCUT2D eigenvalue weighted by molar-refractivity contribution is 5.67.